The summed E-state index contributed by atoms with van der Waals surface area (Å²) in [5.41, 5.74) is 1.15. The van der Waals surface area contributed by atoms with Gasteiger partial charge in [-0.05, 0) is 24.6 Å². The minimum absolute atomic E-state index is 0.204. The first-order valence-corrected chi connectivity index (χ1v) is 6.94. The van der Waals surface area contributed by atoms with Crippen molar-refractivity contribution >= 4 is 22.4 Å². The van der Waals surface area contributed by atoms with E-state index in [2.05, 4.69) is 18.8 Å². The Bertz CT molecular complexity index is 389. The van der Waals surface area contributed by atoms with Crippen molar-refractivity contribution in [3.8, 4) is 0 Å². The summed E-state index contributed by atoms with van der Waals surface area (Å²) in [5, 5.41) is 3.84. The average molecular weight is 258 g/mol. The van der Waals surface area contributed by atoms with Crippen molar-refractivity contribution in [1.82, 2.24) is 5.32 Å². The Hall–Kier alpha value is -0.640. The monoisotopic (exact) mass is 257 g/mol. The lowest BCUT2D eigenvalue weighted by atomic mass is 10.1. The zero-order valence-electron chi connectivity index (χ0n) is 9.50. The SMILES string of the molecule is C=C(Cl)CNC(C)c1ccc(S(C)=O)cc1. The van der Waals surface area contributed by atoms with Crippen molar-refractivity contribution in [2.75, 3.05) is 12.8 Å². The van der Waals surface area contributed by atoms with Gasteiger partial charge in [-0.3, -0.25) is 4.21 Å². The van der Waals surface area contributed by atoms with Crippen molar-refractivity contribution < 1.29 is 4.21 Å². The number of halogens is 1. The number of hydrogen-bond acceptors (Lipinski definition) is 2. The minimum atomic E-state index is -0.917. The van der Waals surface area contributed by atoms with E-state index in [1.54, 1.807) is 6.26 Å². The van der Waals surface area contributed by atoms with Crippen LogP contribution in [0.1, 0.15) is 18.5 Å². The lowest BCUT2D eigenvalue weighted by Gasteiger charge is -2.13. The molecule has 0 saturated carbocycles. The van der Waals surface area contributed by atoms with E-state index < -0.39 is 10.8 Å². The van der Waals surface area contributed by atoms with Crippen LogP contribution in [0.2, 0.25) is 0 Å². The molecule has 0 aliphatic rings. The number of benzene rings is 1. The molecule has 1 aromatic carbocycles. The first-order chi connectivity index (χ1) is 7.50. The highest BCUT2D eigenvalue weighted by Crippen LogP contribution is 2.15. The van der Waals surface area contributed by atoms with E-state index in [9.17, 15) is 4.21 Å². The molecule has 0 aliphatic heterocycles. The second kappa shape index (κ2) is 6.18. The van der Waals surface area contributed by atoms with Crippen LogP contribution in [0.3, 0.4) is 0 Å². The maximum Gasteiger partial charge on any atom is 0.0498 e. The Morgan fingerprint density at radius 1 is 1.50 bits per heavy atom. The van der Waals surface area contributed by atoms with Gasteiger partial charge < -0.3 is 5.32 Å². The van der Waals surface area contributed by atoms with Crippen LogP contribution in [0.4, 0.5) is 0 Å². The molecular formula is C12H16ClNOS. The van der Waals surface area contributed by atoms with Gasteiger partial charge in [0.25, 0.3) is 0 Å². The van der Waals surface area contributed by atoms with Gasteiger partial charge in [0.1, 0.15) is 0 Å². The van der Waals surface area contributed by atoms with Gasteiger partial charge in [0.15, 0.2) is 0 Å². The molecule has 1 N–H and O–H groups in total. The van der Waals surface area contributed by atoms with Crippen molar-refractivity contribution in [3.05, 3.63) is 41.4 Å². The maximum absolute atomic E-state index is 11.2. The van der Waals surface area contributed by atoms with E-state index in [1.807, 2.05) is 24.3 Å². The average Bonchev–Trinajstić information content (AvgIpc) is 2.26. The Balaban J connectivity index is 2.66. The van der Waals surface area contributed by atoms with Gasteiger partial charge in [-0.25, -0.2) is 0 Å². The molecule has 0 radical (unpaired) electrons. The van der Waals surface area contributed by atoms with Gasteiger partial charge in [-0.15, -0.1) is 0 Å². The summed E-state index contributed by atoms with van der Waals surface area (Å²) >= 11 is 5.68. The molecule has 0 fully saturated rings. The van der Waals surface area contributed by atoms with E-state index in [1.165, 1.54) is 0 Å². The summed E-state index contributed by atoms with van der Waals surface area (Å²) in [7, 11) is -0.917. The highest BCUT2D eigenvalue weighted by Gasteiger charge is 2.05. The molecule has 16 heavy (non-hydrogen) atoms. The van der Waals surface area contributed by atoms with Crippen molar-refractivity contribution in [1.29, 1.82) is 0 Å². The molecule has 0 saturated heterocycles. The summed E-state index contributed by atoms with van der Waals surface area (Å²) in [5.74, 6) is 0. The predicted octanol–water partition coefficient (Wildman–Crippen LogP) is 2.83. The first-order valence-electron chi connectivity index (χ1n) is 5.00. The standard InChI is InChI=1S/C12H16ClNOS/c1-9(13)8-14-10(2)11-4-6-12(7-5-11)16(3)15/h4-7,10,14H,1,8H2,2-3H3. The van der Waals surface area contributed by atoms with E-state index in [-0.39, 0.29) is 6.04 Å². The first kappa shape index (κ1) is 13.4. The lowest BCUT2D eigenvalue weighted by Crippen LogP contribution is -2.19. The molecule has 0 aromatic heterocycles. The normalized spacial score (nSPS) is 14.4. The summed E-state index contributed by atoms with van der Waals surface area (Å²) in [6.45, 7) is 6.26. The molecule has 1 rings (SSSR count). The van der Waals surface area contributed by atoms with Gasteiger partial charge in [0.05, 0.1) is 0 Å². The van der Waals surface area contributed by atoms with E-state index in [0.29, 0.717) is 11.6 Å². The number of hydrogen-bond donors (Lipinski definition) is 1. The smallest absolute Gasteiger partial charge is 0.0498 e. The second-order valence-electron chi connectivity index (χ2n) is 3.64. The molecule has 0 heterocycles. The van der Waals surface area contributed by atoms with Crippen LogP contribution in [0.15, 0.2) is 40.8 Å². The molecule has 4 heteroatoms. The topological polar surface area (TPSA) is 29.1 Å². The van der Waals surface area contributed by atoms with Crippen LogP contribution in [-0.2, 0) is 10.8 Å². The third-order valence-electron chi connectivity index (χ3n) is 2.31. The Kier molecular flexibility index (Phi) is 5.19. The zero-order chi connectivity index (χ0) is 12.1. The molecule has 2 atom stereocenters. The van der Waals surface area contributed by atoms with E-state index in [0.717, 1.165) is 10.5 Å². The maximum atomic E-state index is 11.2. The number of rotatable bonds is 5. The Labute approximate surface area is 104 Å². The van der Waals surface area contributed by atoms with Gasteiger partial charge >= 0.3 is 0 Å². The lowest BCUT2D eigenvalue weighted by molar-refractivity contribution is 0.614. The molecule has 0 amide bonds. The summed E-state index contributed by atoms with van der Waals surface area (Å²) < 4.78 is 11.2. The van der Waals surface area contributed by atoms with E-state index >= 15 is 0 Å². The van der Waals surface area contributed by atoms with Crippen LogP contribution in [0, 0.1) is 0 Å². The fraction of sp³-hybridized carbons (Fsp3) is 0.333. The summed E-state index contributed by atoms with van der Waals surface area (Å²) in [4.78, 5) is 0.845. The Morgan fingerprint density at radius 2 is 2.06 bits per heavy atom. The zero-order valence-corrected chi connectivity index (χ0v) is 11.1. The van der Waals surface area contributed by atoms with Gasteiger partial charge in [0, 0.05) is 39.6 Å². The summed E-state index contributed by atoms with van der Waals surface area (Å²) in [6.07, 6.45) is 1.67. The number of nitrogens with one attached hydrogen (secondary N) is 1. The molecule has 0 spiro atoms. The Morgan fingerprint density at radius 3 is 2.50 bits per heavy atom. The third-order valence-corrected chi connectivity index (χ3v) is 3.38. The molecule has 88 valence electrons. The van der Waals surface area contributed by atoms with Crippen LogP contribution in [0.5, 0.6) is 0 Å². The molecule has 1 aromatic rings. The fourth-order valence-corrected chi connectivity index (χ4v) is 1.93. The van der Waals surface area contributed by atoms with Crippen LogP contribution in [0.25, 0.3) is 0 Å². The highest BCUT2D eigenvalue weighted by atomic mass is 35.5. The van der Waals surface area contributed by atoms with Crippen molar-refractivity contribution in [3.63, 3.8) is 0 Å². The summed E-state index contributed by atoms with van der Waals surface area (Å²) in [6, 6.07) is 7.93. The van der Waals surface area contributed by atoms with Gasteiger partial charge in [0.2, 0.25) is 0 Å². The molecule has 2 unspecified atom stereocenters. The van der Waals surface area contributed by atoms with Crippen LogP contribution in [-0.4, -0.2) is 17.0 Å². The van der Waals surface area contributed by atoms with Crippen molar-refractivity contribution in [2.45, 2.75) is 17.9 Å². The fourth-order valence-electron chi connectivity index (χ4n) is 1.33. The van der Waals surface area contributed by atoms with E-state index in [4.69, 9.17) is 11.6 Å². The van der Waals surface area contributed by atoms with Crippen LogP contribution < -0.4 is 5.32 Å². The van der Waals surface area contributed by atoms with Gasteiger partial charge in [-0.2, -0.15) is 0 Å². The predicted molar refractivity (Wildman–Crippen MR) is 70.2 cm³/mol. The van der Waals surface area contributed by atoms with Crippen molar-refractivity contribution in [2.24, 2.45) is 0 Å². The molecule has 0 bridgehead atoms. The third kappa shape index (κ3) is 4.08. The highest BCUT2D eigenvalue weighted by molar-refractivity contribution is 7.84. The molecule has 0 aliphatic carbocycles. The molecular weight excluding hydrogens is 242 g/mol. The quantitative estimate of drug-likeness (QED) is 0.879. The minimum Gasteiger partial charge on any atom is -0.305 e. The second-order valence-corrected chi connectivity index (χ2v) is 5.56. The largest absolute Gasteiger partial charge is 0.305 e. The van der Waals surface area contributed by atoms with Crippen LogP contribution >= 0.6 is 11.6 Å². The molecule has 2 nitrogen and oxygen atoms in total. The van der Waals surface area contributed by atoms with Gasteiger partial charge in [-0.1, -0.05) is 30.3 Å².